The highest BCUT2D eigenvalue weighted by atomic mass is 15.2. The lowest BCUT2D eigenvalue weighted by molar-refractivity contribution is 0.248. The van der Waals surface area contributed by atoms with Gasteiger partial charge < -0.3 is 0 Å². The van der Waals surface area contributed by atoms with Gasteiger partial charge in [0.05, 0.1) is 0 Å². The van der Waals surface area contributed by atoms with E-state index in [-0.39, 0.29) is 0 Å². The summed E-state index contributed by atoms with van der Waals surface area (Å²) in [6.45, 7) is 5.54. The van der Waals surface area contributed by atoms with E-state index in [1.165, 1.54) is 0 Å². The van der Waals surface area contributed by atoms with Gasteiger partial charge in [0.15, 0.2) is 0 Å². The minimum absolute atomic E-state index is 0.306. The van der Waals surface area contributed by atoms with Crippen molar-refractivity contribution in [1.29, 1.82) is 0 Å². The fourth-order valence-electron chi connectivity index (χ4n) is 0.862. The first kappa shape index (κ1) is 5.83. The van der Waals surface area contributed by atoms with Crippen molar-refractivity contribution in [3.8, 4) is 0 Å². The molecule has 1 heteroatoms. The zero-order valence-corrected chi connectivity index (χ0v) is 5.81. The van der Waals surface area contributed by atoms with Crippen molar-refractivity contribution in [1.82, 2.24) is 4.90 Å². The second kappa shape index (κ2) is 1.59. The van der Waals surface area contributed by atoms with E-state index in [0.717, 1.165) is 6.54 Å². The van der Waals surface area contributed by atoms with Crippen molar-refractivity contribution in [3.05, 3.63) is 12.2 Å². The van der Waals surface area contributed by atoms with Crippen molar-refractivity contribution in [2.24, 2.45) is 0 Å². The van der Waals surface area contributed by atoms with Crippen molar-refractivity contribution in [3.63, 3.8) is 0 Å². The van der Waals surface area contributed by atoms with Crippen LogP contribution < -0.4 is 0 Å². The first-order chi connectivity index (χ1) is 3.63. The second-order valence-electron chi connectivity index (χ2n) is 2.94. The van der Waals surface area contributed by atoms with Gasteiger partial charge in [-0.1, -0.05) is 12.2 Å². The predicted molar refractivity (Wildman–Crippen MR) is 35.8 cm³/mol. The topological polar surface area (TPSA) is 3.24 Å². The summed E-state index contributed by atoms with van der Waals surface area (Å²) in [5, 5.41) is 0. The maximum Gasteiger partial charge on any atom is 0.0335 e. The molecule has 0 saturated carbocycles. The van der Waals surface area contributed by atoms with Crippen molar-refractivity contribution < 1.29 is 0 Å². The third-order valence-corrected chi connectivity index (χ3v) is 1.89. The molecule has 0 aromatic carbocycles. The lowest BCUT2D eigenvalue weighted by Gasteiger charge is -2.26. The van der Waals surface area contributed by atoms with Gasteiger partial charge in [-0.3, -0.25) is 4.90 Å². The molecule has 0 N–H and O–H groups in total. The highest BCUT2D eigenvalue weighted by Crippen LogP contribution is 2.18. The number of hydrogen-bond donors (Lipinski definition) is 0. The molecular weight excluding hydrogens is 98.1 g/mol. The van der Waals surface area contributed by atoms with Crippen LogP contribution in [0, 0.1) is 0 Å². The molecule has 0 fully saturated rings. The molecule has 0 spiro atoms. The van der Waals surface area contributed by atoms with Crippen LogP contribution in [0.2, 0.25) is 0 Å². The number of hydrogen-bond acceptors (Lipinski definition) is 1. The molecule has 0 aromatic heterocycles. The van der Waals surface area contributed by atoms with Gasteiger partial charge in [0, 0.05) is 12.1 Å². The molecule has 0 amide bonds. The normalized spacial score (nSPS) is 26.9. The lowest BCUT2D eigenvalue weighted by atomic mass is 10.1. The van der Waals surface area contributed by atoms with Crippen molar-refractivity contribution >= 4 is 0 Å². The van der Waals surface area contributed by atoms with Crippen LogP contribution in [0.1, 0.15) is 13.8 Å². The first-order valence-electron chi connectivity index (χ1n) is 3.02. The highest BCUT2D eigenvalue weighted by molar-refractivity contribution is 5.09. The van der Waals surface area contributed by atoms with Gasteiger partial charge >= 0.3 is 0 Å². The van der Waals surface area contributed by atoms with Crippen LogP contribution in [0.25, 0.3) is 0 Å². The number of nitrogens with zero attached hydrogens (tertiary/aromatic N) is 1. The van der Waals surface area contributed by atoms with E-state index in [4.69, 9.17) is 0 Å². The third kappa shape index (κ3) is 0.781. The Morgan fingerprint density at radius 3 is 2.25 bits per heavy atom. The van der Waals surface area contributed by atoms with E-state index in [0.29, 0.717) is 5.54 Å². The standard InChI is InChI=1S/C7H13N/c1-7(2)5-4-6-8(7)3/h4-5H,6H2,1-3H3. The van der Waals surface area contributed by atoms with Crippen LogP contribution in [0.5, 0.6) is 0 Å². The Labute approximate surface area is 51.0 Å². The molecule has 1 nitrogen and oxygen atoms in total. The molecule has 8 heavy (non-hydrogen) atoms. The minimum atomic E-state index is 0.306. The van der Waals surface area contributed by atoms with E-state index in [9.17, 15) is 0 Å². The van der Waals surface area contributed by atoms with Crippen molar-refractivity contribution in [2.45, 2.75) is 19.4 Å². The maximum absolute atomic E-state index is 2.31. The molecule has 1 rings (SSSR count). The first-order valence-corrected chi connectivity index (χ1v) is 3.02. The van der Waals surface area contributed by atoms with Crippen LogP contribution >= 0.6 is 0 Å². The van der Waals surface area contributed by atoms with Gasteiger partial charge in [0.25, 0.3) is 0 Å². The van der Waals surface area contributed by atoms with Gasteiger partial charge in [0.2, 0.25) is 0 Å². The summed E-state index contributed by atoms with van der Waals surface area (Å²) in [6.07, 6.45) is 4.45. The lowest BCUT2D eigenvalue weighted by Crippen LogP contribution is -2.34. The summed E-state index contributed by atoms with van der Waals surface area (Å²) in [7, 11) is 2.14. The Morgan fingerprint density at radius 2 is 2.12 bits per heavy atom. The van der Waals surface area contributed by atoms with Gasteiger partial charge in [-0.25, -0.2) is 0 Å². The zero-order chi connectivity index (χ0) is 6.20. The Hall–Kier alpha value is -0.300. The summed E-state index contributed by atoms with van der Waals surface area (Å²) in [5.41, 5.74) is 0.306. The van der Waals surface area contributed by atoms with Gasteiger partial charge in [-0.15, -0.1) is 0 Å². The predicted octanol–water partition coefficient (Wildman–Crippen LogP) is 1.27. The molecule has 1 aliphatic rings. The maximum atomic E-state index is 2.31. The van der Waals surface area contributed by atoms with Gasteiger partial charge in [-0.05, 0) is 20.9 Å². The average Bonchev–Trinajstić information content (AvgIpc) is 1.86. The Bertz CT molecular complexity index is 114. The molecule has 0 aliphatic carbocycles. The van der Waals surface area contributed by atoms with Crippen LogP contribution in [0.15, 0.2) is 12.2 Å². The fourth-order valence-corrected chi connectivity index (χ4v) is 0.862. The Balaban J connectivity index is 2.67. The van der Waals surface area contributed by atoms with Crippen LogP contribution in [-0.4, -0.2) is 24.0 Å². The summed E-state index contributed by atoms with van der Waals surface area (Å²) >= 11 is 0. The van der Waals surface area contributed by atoms with Crippen molar-refractivity contribution in [2.75, 3.05) is 13.6 Å². The SMILES string of the molecule is CN1CC=CC1(C)C. The Kier molecular flexibility index (Phi) is 1.16. The molecule has 0 aromatic rings. The summed E-state index contributed by atoms with van der Waals surface area (Å²) in [6, 6.07) is 0. The quantitative estimate of drug-likeness (QED) is 0.425. The summed E-state index contributed by atoms with van der Waals surface area (Å²) < 4.78 is 0. The zero-order valence-electron chi connectivity index (χ0n) is 5.81. The van der Waals surface area contributed by atoms with E-state index >= 15 is 0 Å². The minimum Gasteiger partial charge on any atom is -0.294 e. The van der Waals surface area contributed by atoms with Crippen LogP contribution in [-0.2, 0) is 0 Å². The van der Waals surface area contributed by atoms with Crippen LogP contribution in [0.3, 0.4) is 0 Å². The number of rotatable bonds is 0. The molecule has 0 atom stereocenters. The van der Waals surface area contributed by atoms with E-state index in [1.807, 2.05) is 0 Å². The van der Waals surface area contributed by atoms with Crippen LogP contribution in [0.4, 0.5) is 0 Å². The summed E-state index contributed by atoms with van der Waals surface area (Å²) in [5.74, 6) is 0. The average molecular weight is 111 g/mol. The van der Waals surface area contributed by atoms with E-state index in [1.54, 1.807) is 0 Å². The molecular formula is C7H13N. The fraction of sp³-hybridized carbons (Fsp3) is 0.714. The smallest absolute Gasteiger partial charge is 0.0335 e. The molecule has 0 radical (unpaired) electrons. The highest BCUT2D eigenvalue weighted by Gasteiger charge is 2.22. The number of likely N-dealkylation sites (N-methyl/N-ethyl adjacent to an activating group) is 1. The molecule has 1 aliphatic heterocycles. The largest absolute Gasteiger partial charge is 0.294 e. The third-order valence-electron chi connectivity index (χ3n) is 1.89. The Morgan fingerprint density at radius 1 is 1.50 bits per heavy atom. The molecule has 0 bridgehead atoms. The monoisotopic (exact) mass is 111 g/mol. The van der Waals surface area contributed by atoms with Gasteiger partial charge in [-0.2, -0.15) is 0 Å². The van der Waals surface area contributed by atoms with Gasteiger partial charge in [0.1, 0.15) is 0 Å². The molecule has 0 unspecified atom stereocenters. The molecule has 0 saturated heterocycles. The summed E-state index contributed by atoms with van der Waals surface area (Å²) in [4.78, 5) is 2.31. The van der Waals surface area contributed by atoms with E-state index < -0.39 is 0 Å². The second-order valence-corrected chi connectivity index (χ2v) is 2.94. The molecule has 46 valence electrons. The molecule has 1 heterocycles. The van der Waals surface area contributed by atoms with E-state index in [2.05, 4.69) is 37.9 Å².